The van der Waals surface area contributed by atoms with Crippen LogP contribution in [0.5, 0.6) is 0 Å². The molecule has 2 aromatic rings. The zero-order valence-electron chi connectivity index (χ0n) is 24.5. The summed E-state index contributed by atoms with van der Waals surface area (Å²) in [5, 5.41) is 35.0. The predicted octanol–water partition coefficient (Wildman–Crippen LogP) is 2.17. The Bertz CT molecular complexity index is 1630. The fourth-order valence-electron chi connectivity index (χ4n) is 9.30. The normalized spacial score (nSPS) is 49.1. The summed E-state index contributed by atoms with van der Waals surface area (Å²) in [5.41, 5.74) is -7.57. The van der Waals surface area contributed by atoms with Crippen LogP contribution in [0.4, 0.5) is 0 Å². The minimum absolute atomic E-state index is 0.317. The molecule has 3 aliphatic carbocycles. The molecular formula is C34H34O10. The van der Waals surface area contributed by atoms with Gasteiger partial charge in [0.05, 0.1) is 17.6 Å². The molecule has 0 aromatic heterocycles. The average molecular weight is 603 g/mol. The first kappa shape index (κ1) is 28.3. The maximum atomic E-state index is 13.7. The highest BCUT2D eigenvalue weighted by Gasteiger charge is 2.92. The predicted molar refractivity (Wildman–Crippen MR) is 152 cm³/mol. The lowest BCUT2D eigenvalue weighted by Crippen LogP contribution is -2.79. The van der Waals surface area contributed by atoms with E-state index >= 15 is 0 Å². The van der Waals surface area contributed by atoms with Gasteiger partial charge in [0.1, 0.15) is 35.6 Å². The van der Waals surface area contributed by atoms with Gasteiger partial charge in [-0.25, -0.2) is 4.79 Å². The first-order valence-corrected chi connectivity index (χ1v) is 14.9. The number of ether oxygens (including phenoxy) is 5. The standard InChI is InChI=1S/C34H34O10/c1-18(2)31-24(40-27(37)20-11-7-5-8-12-20)19(3)33-23(26(31)42-34(43-31,44-33)21-13-9-6-10-14-21)25-30(17-35,41-25)28(38)32(39)22(36)15-16-29(32,33)4/h5-16,19,23-26,28,35,38-39H,1,17H2,2-4H3/t19?,23-,24?,25-,26?,28+,29+,30-,31?,32+,33?,34?/m0/s1. The van der Waals surface area contributed by atoms with Gasteiger partial charge in [-0.1, -0.05) is 68.1 Å². The lowest BCUT2D eigenvalue weighted by molar-refractivity contribution is -0.450. The molecule has 0 amide bonds. The van der Waals surface area contributed by atoms with Crippen molar-refractivity contribution in [1.82, 2.24) is 0 Å². The molecule has 230 valence electrons. The van der Waals surface area contributed by atoms with Crippen LogP contribution in [0.25, 0.3) is 0 Å². The highest BCUT2D eigenvalue weighted by Crippen LogP contribution is 2.76. The molecule has 3 aliphatic heterocycles. The molecule has 3 bridgehead atoms. The van der Waals surface area contributed by atoms with Crippen LogP contribution in [-0.4, -0.2) is 80.5 Å². The molecule has 2 saturated carbocycles. The minimum Gasteiger partial charge on any atom is -0.455 e. The number of carbonyl (C=O) groups is 2. The number of epoxide rings is 1. The Labute approximate surface area is 253 Å². The van der Waals surface area contributed by atoms with Gasteiger partial charge >= 0.3 is 11.9 Å². The molecule has 6 aliphatic rings. The largest absolute Gasteiger partial charge is 0.455 e. The number of hydrogen-bond donors (Lipinski definition) is 3. The van der Waals surface area contributed by atoms with E-state index < -0.39 is 88.4 Å². The van der Waals surface area contributed by atoms with Crippen molar-refractivity contribution in [2.75, 3.05) is 6.61 Å². The first-order valence-electron chi connectivity index (χ1n) is 14.9. The van der Waals surface area contributed by atoms with Crippen molar-refractivity contribution in [3.05, 3.63) is 96.1 Å². The van der Waals surface area contributed by atoms with Gasteiger partial charge in [0.2, 0.25) is 0 Å². The van der Waals surface area contributed by atoms with Crippen molar-refractivity contribution < 1.29 is 48.6 Å². The Hall–Kier alpha value is -3.22. The molecule has 5 fully saturated rings. The molecule has 44 heavy (non-hydrogen) atoms. The summed E-state index contributed by atoms with van der Waals surface area (Å²) in [6, 6.07) is 17.5. The molecule has 3 saturated heterocycles. The molecule has 10 nitrogen and oxygen atoms in total. The van der Waals surface area contributed by atoms with E-state index in [1.165, 1.54) is 6.08 Å². The second-order valence-corrected chi connectivity index (χ2v) is 13.3. The van der Waals surface area contributed by atoms with Gasteiger partial charge in [0.15, 0.2) is 17.0 Å². The summed E-state index contributed by atoms with van der Waals surface area (Å²) < 4.78 is 33.5. The van der Waals surface area contributed by atoms with Crippen LogP contribution in [0.3, 0.4) is 0 Å². The maximum Gasteiger partial charge on any atom is 0.338 e. The smallest absolute Gasteiger partial charge is 0.338 e. The maximum absolute atomic E-state index is 13.7. The first-order chi connectivity index (χ1) is 20.9. The van der Waals surface area contributed by atoms with Crippen molar-refractivity contribution >= 4 is 11.8 Å². The fraction of sp³-hybridized carbons (Fsp3) is 0.471. The molecule has 3 N–H and O–H groups in total. The van der Waals surface area contributed by atoms with Gasteiger partial charge in [-0.05, 0) is 37.6 Å². The Morgan fingerprint density at radius 1 is 1.02 bits per heavy atom. The number of esters is 1. The van der Waals surface area contributed by atoms with Crippen LogP contribution in [0.2, 0.25) is 0 Å². The van der Waals surface area contributed by atoms with Crippen LogP contribution in [0.15, 0.2) is 85.0 Å². The van der Waals surface area contributed by atoms with Crippen LogP contribution in [-0.2, 0) is 34.5 Å². The van der Waals surface area contributed by atoms with Gasteiger partial charge in [0.25, 0.3) is 0 Å². The number of benzene rings is 2. The molecule has 0 spiro atoms. The fourth-order valence-corrected chi connectivity index (χ4v) is 9.30. The van der Waals surface area contributed by atoms with Gasteiger partial charge in [-0.3, -0.25) is 4.79 Å². The van der Waals surface area contributed by atoms with Gasteiger partial charge in [-0.15, -0.1) is 0 Å². The quantitative estimate of drug-likeness (QED) is 0.265. The molecule has 12 atom stereocenters. The van der Waals surface area contributed by atoms with E-state index in [1.807, 2.05) is 13.0 Å². The van der Waals surface area contributed by atoms with E-state index in [2.05, 4.69) is 6.58 Å². The number of hydrogen-bond acceptors (Lipinski definition) is 10. The van der Waals surface area contributed by atoms with E-state index in [4.69, 9.17) is 23.7 Å². The second-order valence-electron chi connectivity index (χ2n) is 13.3. The van der Waals surface area contributed by atoms with E-state index in [-0.39, 0.29) is 0 Å². The Kier molecular flexibility index (Phi) is 5.48. The van der Waals surface area contributed by atoms with Crippen molar-refractivity contribution in [3.8, 4) is 0 Å². The van der Waals surface area contributed by atoms with Crippen LogP contribution >= 0.6 is 0 Å². The summed E-state index contributed by atoms with van der Waals surface area (Å²) in [4.78, 5) is 27.4. The zero-order chi connectivity index (χ0) is 31.1. The van der Waals surface area contributed by atoms with Gasteiger partial charge < -0.3 is 39.0 Å². The highest BCUT2D eigenvalue weighted by molar-refractivity contribution is 6.02. The Morgan fingerprint density at radius 3 is 2.32 bits per heavy atom. The Balaban J connectivity index is 1.42. The number of rotatable bonds is 5. The van der Waals surface area contributed by atoms with Crippen molar-refractivity contribution in [2.45, 2.75) is 73.6 Å². The lowest BCUT2D eigenvalue weighted by Gasteiger charge is -2.64. The molecule has 10 heteroatoms. The third-order valence-electron chi connectivity index (χ3n) is 11.5. The number of fused-ring (bicyclic) bond motifs is 3. The number of aliphatic hydroxyl groups excluding tert-OH is 2. The number of ketones is 1. The second kappa shape index (κ2) is 8.52. The summed E-state index contributed by atoms with van der Waals surface area (Å²) in [5.74, 6) is -4.86. The number of carbonyl (C=O) groups excluding carboxylic acids is 2. The summed E-state index contributed by atoms with van der Waals surface area (Å²) >= 11 is 0. The van der Waals surface area contributed by atoms with E-state index in [0.717, 1.165) is 0 Å². The van der Waals surface area contributed by atoms with Crippen LogP contribution < -0.4 is 0 Å². The van der Waals surface area contributed by atoms with Crippen molar-refractivity contribution in [3.63, 3.8) is 0 Å². The topological polar surface area (TPSA) is 144 Å². The van der Waals surface area contributed by atoms with Gasteiger partial charge in [0, 0.05) is 17.4 Å². The molecule has 3 heterocycles. The molecule has 6 unspecified atom stereocenters. The lowest BCUT2D eigenvalue weighted by atomic mass is 9.48. The summed E-state index contributed by atoms with van der Waals surface area (Å²) in [6.07, 6.45) is -1.99. The molecule has 2 aromatic carbocycles. The molecule has 0 radical (unpaired) electrons. The number of aliphatic hydroxyl groups is 3. The minimum atomic E-state index is -2.47. The van der Waals surface area contributed by atoms with E-state index in [0.29, 0.717) is 16.7 Å². The monoisotopic (exact) mass is 602 g/mol. The Morgan fingerprint density at radius 2 is 1.68 bits per heavy atom. The van der Waals surface area contributed by atoms with Crippen molar-refractivity contribution in [2.24, 2.45) is 17.3 Å². The third-order valence-corrected chi connectivity index (χ3v) is 11.5. The van der Waals surface area contributed by atoms with E-state index in [9.17, 15) is 24.9 Å². The third kappa shape index (κ3) is 2.83. The summed E-state index contributed by atoms with van der Waals surface area (Å²) in [7, 11) is 0. The van der Waals surface area contributed by atoms with E-state index in [1.54, 1.807) is 74.5 Å². The molecule has 8 rings (SSSR count). The molecular weight excluding hydrogens is 568 g/mol. The SMILES string of the molecule is C=C(C)C12OC3(c4ccccc4)OC1[C@@H]1[C@@H]4O[C@]4(CO)[C@@H](O)[C@]4(O)C(=O)C=C[C@@]4(C)C1(O3)C(C)C2OC(=O)c1ccccc1. The van der Waals surface area contributed by atoms with Gasteiger partial charge in [-0.2, -0.15) is 0 Å². The van der Waals surface area contributed by atoms with Crippen LogP contribution in [0.1, 0.15) is 36.7 Å². The van der Waals surface area contributed by atoms with Crippen LogP contribution in [0, 0.1) is 17.3 Å². The summed E-state index contributed by atoms with van der Waals surface area (Å²) in [6.45, 7) is 8.88. The van der Waals surface area contributed by atoms with Crippen molar-refractivity contribution in [1.29, 1.82) is 0 Å². The average Bonchev–Trinajstić information content (AvgIpc) is 3.65. The highest BCUT2D eigenvalue weighted by atomic mass is 16.9. The zero-order valence-corrected chi connectivity index (χ0v) is 24.5.